The van der Waals surface area contributed by atoms with Gasteiger partial charge in [-0.15, -0.1) is 5.10 Å². The highest BCUT2D eigenvalue weighted by molar-refractivity contribution is 5.93. The minimum absolute atomic E-state index is 0.0247. The number of carbonyl (C=O) groups excluding carboxylic acids is 2. The maximum absolute atomic E-state index is 12.8. The molecular weight excluding hydrogens is 382 g/mol. The van der Waals surface area contributed by atoms with Crippen LogP contribution in [-0.2, 0) is 16.0 Å². The van der Waals surface area contributed by atoms with E-state index in [0.717, 1.165) is 29.7 Å². The Labute approximate surface area is 174 Å². The van der Waals surface area contributed by atoms with Crippen LogP contribution in [0.1, 0.15) is 24.0 Å². The Morgan fingerprint density at radius 3 is 2.77 bits per heavy atom. The number of carbonyl (C=O) groups is 2. The fraction of sp³-hybridized carbons (Fsp3) is 0.333. The molecule has 1 aliphatic heterocycles. The topological polar surface area (TPSA) is 106 Å². The van der Waals surface area contributed by atoms with E-state index in [-0.39, 0.29) is 17.7 Å². The molecule has 9 nitrogen and oxygen atoms in total. The van der Waals surface area contributed by atoms with Crippen molar-refractivity contribution in [3.8, 4) is 5.69 Å². The Morgan fingerprint density at radius 2 is 2.03 bits per heavy atom. The standard InChI is InChI=1S/C21H23N7O2/c1-15-4-2-10-22-20(15)24-21(30)17-5-3-11-27(13-17)19(29)12-16-6-8-18(9-7-16)28-14-23-25-26-28/h2,4,6-10,14,17H,3,5,11-13H2,1H3,(H,22,24,30). The number of tetrazole rings is 1. The maximum atomic E-state index is 12.8. The van der Waals surface area contributed by atoms with Gasteiger partial charge in [-0.25, -0.2) is 9.67 Å². The van der Waals surface area contributed by atoms with Gasteiger partial charge in [-0.05, 0) is 59.5 Å². The van der Waals surface area contributed by atoms with Crippen molar-refractivity contribution in [2.24, 2.45) is 5.92 Å². The highest BCUT2D eigenvalue weighted by Crippen LogP contribution is 2.20. The van der Waals surface area contributed by atoms with E-state index >= 15 is 0 Å². The summed E-state index contributed by atoms with van der Waals surface area (Å²) in [6, 6.07) is 11.3. The monoisotopic (exact) mass is 405 g/mol. The van der Waals surface area contributed by atoms with Crippen LogP contribution in [0.5, 0.6) is 0 Å². The second-order valence-corrected chi connectivity index (χ2v) is 7.43. The number of hydrogen-bond donors (Lipinski definition) is 1. The molecule has 0 radical (unpaired) electrons. The number of aryl methyl sites for hydroxylation is 1. The van der Waals surface area contributed by atoms with Crippen molar-refractivity contribution >= 4 is 17.6 Å². The summed E-state index contributed by atoms with van der Waals surface area (Å²) in [6.07, 6.45) is 5.05. The lowest BCUT2D eigenvalue weighted by molar-refractivity contribution is -0.133. The molecule has 9 heteroatoms. The molecule has 1 unspecified atom stereocenters. The Balaban J connectivity index is 1.35. The number of hydrogen-bond acceptors (Lipinski definition) is 6. The zero-order chi connectivity index (χ0) is 20.9. The molecular formula is C21H23N7O2. The van der Waals surface area contributed by atoms with Gasteiger partial charge in [0.15, 0.2) is 0 Å². The van der Waals surface area contributed by atoms with E-state index in [1.54, 1.807) is 15.8 Å². The summed E-state index contributed by atoms with van der Waals surface area (Å²) < 4.78 is 1.56. The zero-order valence-corrected chi connectivity index (χ0v) is 16.7. The van der Waals surface area contributed by atoms with Crippen LogP contribution in [0.3, 0.4) is 0 Å². The molecule has 1 aliphatic rings. The Bertz CT molecular complexity index is 1020. The van der Waals surface area contributed by atoms with Gasteiger partial charge >= 0.3 is 0 Å². The molecule has 0 spiro atoms. The van der Waals surface area contributed by atoms with E-state index in [0.29, 0.717) is 25.3 Å². The van der Waals surface area contributed by atoms with Crippen LogP contribution in [0.15, 0.2) is 48.9 Å². The van der Waals surface area contributed by atoms with Gasteiger partial charge in [-0.1, -0.05) is 18.2 Å². The van der Waals surface area contributed by atoms with Gasteiger partial charge in [0.1, 0.15) is 12.1 Å². The van der Waals surface area contributed by atoms with Crippen molar-refractivity contribution in [3.63, 3.8) is 0 Å². The minimum atomic E-state index is -0.230. The molecule has 2 aromatic heterocycles. The summed E-state index contributed by atoms with van der Waals surface area (Å²) in [5.41, 5.74) is 2.66. The lowest BCUT2D eigenvalue weighted by Crippen LogP contribution is -2.44. The van der Waals surface area contributed by atoms with E-state index < -0.39 is 0 Å². The number of aromatic nitrogens is 5. The number of pyridine rings is 1. The lowest BCUT2D eigenvalue weighted by atomic mass is 9.96. The third-order valence-corrected chi connectivity index (χ3v) is 5.30. The van der Waals surface area contributed by atoms with Gasteiger partial charge in [-0.3, -0.25) is 9.59 Å². The summed E-state index contributed by atoms with van der Waals surface area (Å²) in [4.78, 5) is 31.5. The first-order chi connectivity index (χ1) is 14.6. The van der Waals surface area contributed by atoms with Crippen LogP contribution >= 0.6 is 0 Å². The second-order valence-electron chi connectivity index (χ2n) is 7.43. The normalized spacial score (nSPS) is 16.3. The summed E-state index contributed by atoms with van der Waals surface area (Å²) in [5.74, 6) is 0.289. The van der Waals surface area contributed by atoms with Crippen LogP contribution in [0.25, 0.3) is 5.69 Å². The van der Waals surface area contributed by atoms with Crippen molar-refractivity contribution in [3.05, 3.63) is 60.0 Å². The first-order valence-electron chi connectivity index (χ1n) is 9.93. The molecule has 0 aliphatic carbocycles. The van der Waals surface area contributed by atoms with Gasteiger partial charge in [0.05, 0.1) is 18.0 Å². The SMILES string of the molecule is Cc1cccnc1NC(=O)C1CCCN(C(=O)Cc2ccc(-n3cnnn3)cc2)C1. The molecule has 154 valence electrons. The first-order valence-corrected chi connectivity index (χ1v) is 9.93. The van der Waals surface area contributed by atoms with Crippen molar-refractivity contribution < 1.29 is 9.59 Å². The van der Waals surface area contributed by atoms with Crippen molar-refractivity contribution in [1.29, 1.82) is 0 Å². The molecule has 30 heavy (non-hydrogen) atoms. The molecule has 0 saturated carbocycles. The number of likely N-dealkylation sites (tertiary alicyclic amines) is 1. The average molecular weight is 405 g/mol. The van der Waals surface area contributed by atoms with Gasteiger partial charge in [-0.2, -0.15) is 0 Å². The smallest absolute Gasteiger partial charge is 0.230 e. The van der Waals surface area contributed by atoms with E-state index in [2.05, 4.69) is 25.8 Å². The quantitative estimate of drug-likeness (QED) is 0.694. The molecule has 1 aromatic carbocycles. The minimum Gasteiger partial charge on any atom is -0.342 e. The van der Waals surface area contributed by atoms with Gasteiger partial charge in [0, 0.05) is 19.3 Å². The molecule has 1 N–H and O–H groups in total. The fourth-order valence-corrected chi connectivity index (χ4v) is 3.59. The van der Waals surface area contributed by atoms with E-state index in [1.165, 1.54) is 6.33 Å². The van der Waals surface area contributed by atoms with Crippen LogP contribution in [0.2, 0.25) is 0 Å². The molecule has 3 heterocycles. The summed E-state index contributed by atoms with van der Waals surface area (Å²) >= 11 is 0. The van der Waals surface area contributed by atoms with E-state index in [1.807, 2.05) is 43.3 Å². The van der Waals surface area contributed by atoms with E-state index in [4.69, 9.17) is 0 Å². The van der Waals surface area contributed by atoms with Crippen LogP contribution < -0.4 is 5.32 Å². The number of amides is 2. The number of nitrogens with one attached hydrogen (secondary N) is 1. The largest absolute Gasteiger partial charge is 0.342 e. The van der Waals surface area contributed by atoms with Gasteiger partial charge < -0.3 is 10.2 Å². The van der Waals surface area contributed by atoms with Crippen LogP contribution in [0, 0.1) is 12.8 Å². The molecule has 2 amide bonds. The molecule has 1 fully saturated rings. The average Bonchev–Trinajstić information content (AvgIpc) is 3.31. The Kier molecular flexibility index (Phi) is 5.78. The second kappa shape index (κ2) is 8.81. The van der Waals surface area contributed by atoms with Crippen molar-refractivity contribution in [2.75, 3.05) is 18.4 Å². The number of piperidine rings is 1. The number of nitrogens with zero attached hydrogens (tertiary/aromatic N) is 6. The number of benzene rings is 1. The summed E-state index contributed by atoms with van der Waals surface area (Å²) in [7, 11) is 0. The number of anilines is 1. The maximum Gasteiger partial charge on any atom is 0.230 e. The molecule has 1 atom stereocenters. The van der Waals surface area contributed by atoms with Crippen LogP contribution in [0.4, 0.5) is 5.82 Å². The predicted octanol–water partition coefficient (Wildman–Crippen LogP) is 1.79. The highest BCUT2D eigenvalue weighted by atomic mass is 16.2. The van der Waals surface area contributed by atoms with E-state index in [9.17, 15) is 9.59 Å². The zero-order valence-electron chi connectivity index (χ0n) is 16.7. The lowest BCUT2D eigenvalue weighted by Gasteiger charge is -2.32. The Morgan fingerprint density at radius 1 is 1.20 bits per heavy atom. The Hall–Kier alpha value is -3.62. The molecule has 4 rings (SSSR count). The summed E-state index contributed by atoms with van der Waals surface area (Å²) in [6.45, 7) is 3.01. The van der Waals surface area contributed by atoms with Gasteiger partial charge in [0.2, 0.25) is 11.8 Å². The summed E-state index contributed by atoms with van der Waals surface area (Å²) in [5, 5.41) is 14.0. The van der Waals surface area contributed by atoms with Crippen molar-refractivity contribution in [1.82, 2.24) is 30.1 Å². The predicted molar refractivity (Wildman–Crippen MR) is 110 cm³/mol. The molecule has 1 saturated heterocycles. The molecule has 3 aromatic rings. The van der Waals surface area contributed by atoms with Crippen LogP contribution in [-0.4, -0.2) is 55.0 Å². The first kappa shape index (κ1) is 19.7. The highest BCUT2D eigenvalue weighted by Gasteiger charge is 2.28. The molecule has 0 bridgehead atoms. The van der Waals surface area contributed by atoms with Gasteiger partial charge in [0.25, 0.3) is 0 Å². The number of rotatable bonds is 5. The fourth-order valence-electron chi connectivity index (χ4n) is 3.59. The third kappa shape index (κ3) is 4.51. The van der Waals surface area contributed by atoms with Crippen molar-refractivity contribution in [2.45, 2.75) is 26.2 Å². The third-order valence-electron chi connectivity index (χ3n) is 5.30.